The standard InChI is InChI=1S/C38H29N/c1-3-12-34-33(4-2)38(36-26-39-24-23-35(36)37(34)30-15-9-6-10-16-30)32-18-11-17-31(25-32)29-21-19-28(20-22-29)27-13-7-5-8-14-27/h3-26H,1H2,2H3/b33-4+,34-12+. The molecule has 0 amide bonds. The van der Waals surface area contributed by atoms with Crippen molar-refractivity contribution in [2.75, 3.05) is 0 Å². The highest BCUT2D eigenvalue weighted by atomic mass is 14.6. The Morgan fingerprint density at radius 1 is 0.538 bits per heavy atom. The molecule has 5 aromatic carbocycles. The van der Waals surface area contributed by atoms with Crippen LogP contribution in [0.25, 0.3) is 67.4 Å². The van der Waals surface area contributed by atoms with Crippen molar-refractivity contribution in [1.29, 1.82) is 0 Å². The molecule has 1 aromatic heterocycles. The van der Waals surface area contributed by atoms with Gasteiger partial charge in [-0.2, -0.15) is 0 Å². The number of allylic oxidation sites excluding steroid dienone is 1. The number of hydrogen-bond acceptors (Lipinski definition) is 1. The van der Waals surface area contributed by atoms with Gasteiger partial charge in [0.15, 0.2) is 0 Å². The average Bonchev–Trinajstić information content (AvgIpc) is 3.01. The molecule has 1 heterocycles. The summed E-state index contributed by atoms with van der Waals surface area (Å²) in [5, 5.41) is 4.68. The summed E-state index contributed by atoms with van der Waals surface area (Å²) in [5.74, 6) is 0. The molecule has 0 radical (unpaired) electrons. The minimum absolute atomic E-state index is 1.14. The number of rotatable bonds is 5. The van der Waals surface area contributed by atoms with Crippen molar-refractivity contribution >= 4 is 22.9 Å². The molecule has 1 nitrogen and oxygen atoms in total. The molecule has 1 heteroatoms. The molecule has 39 heavy (non-hydrogen) atoms. The van der Waals surface area contributed by atoms with E-state index in [-0.39, 0.29) is 0 Å². The molecule has 0 saturated carbocycles. The second kappa shape index (κ2) is 10.8. The summed E-state index contributed by atoms with van der Waals surface area (Å²) in [6.07, 6.45) is 10.1. The highest BCUT2D eigenvalue weighted by molar-refractivity contribution is 6.05. The van der Waals surface area contributed by atoms with E-state index < -0.39 is 0 Å². The topological polar surface area (TPSA) is 12.9 Å². The molecule has 0 fully saturated rings. The van der Waals surface area contributed by atoms with E-state index in [0.717, 1.165) is 5.39 Å². The van der Waals surface area contributed by atoms with Crippen molar-refractivity contribution in [2.24, 2.45) is 0 Å². The molecular formula is C38H29N. The van der Waals surface area contributed by atoms with Crippen LogP contribution in [-0.2, 0) is 0 Å². The first-order valence-corrected chi connectivity index (χ1v) is 13.3. The van der Waals surface area contributed by atoms with Crippen molar-refractivity contribution in [3.8, 4) is 44.5 Å². The summed E-state index contributed by atoms with van der Waals surface area (Å²) in [5.41, 5.74) is 9.58. The predicted octanol–water partition coefficient (Wildman–Crippen LogP) is 8.67. The number of aromatic nitrogens is 1. The zero-order chi connectivity index (χ0) is 26.6. The van der Waals surface area contributed by atoms with Crippen LogP contribution >= 0.6 is 0 Å². The molecule has 0 aliphatic heterocycles. The highest BCUT2D eigenvalue weighted by Gasteiger charge is 2.15. The van der Waals surface area contributed by atoms with E-state index in [1.807, 2.05) is 18.5 Å². The van der Waals surface area contributed by atoms with Crippen molar-refractivity contribution < 1.29 is 0 Å². The van der Waals surface area contributed by atoms with Gasteiger partial charge in [0.25, 0.3) is 0 Å². The zero-order valence-corrected chi connectivity index (χ0v) is 22.0. The van der Waals surface area contributed by atoms with E-state index in [2.05, 4.69) is 146 Å². The van der Waals surface area contributed by atoms with Gasteiger partial charge in [-0.3, -0.25) is 4.98 Å². The van der Waals surface area contributed by atoms with Crippen LogP contribution in [0, 0.1) is 0 Å². The molecule has 0 unspecified atom stereocenters. The number of hydrogen-bond donors (Lipinski definition) is 0. The van der Waals surface area contributed by atoms with Crippen LogP contribution in [0.5, 0.6) is 0 Å². The minimum atomic E-state index is 1.14. The fourth-order valence-electron chi connectivity index (χ4n) is 5.53. The van der Waals surface area contributed by atoms with Gasteiger partial charge in [0.1, 0.15) is 0 Å². The molecule has 0 aliphatic carbocycles. The second-order valence-electron chi connectivity index (χ2n) is 9.58. The summed E-state index contributed by atoms with van der Waals surface area (Å²) in [6.45, 7) is 6.16. The Morgan fingerprint density at radius 2 is 1.10 bits per heavy atom. The number of fused-ring (bicyclic) bond motifs is 1. The molecule has 0 spiro atoms. The second-order valence-corrected chi connectivity index (χ2v) is 9.58. The van der Waals surface area contributed by atoms with E-state index in [1.165, 1.54) is 60.3 Å². The highest BCUT2D eigenvalue weighted by Crippen LogP contribution is 2.33. The first kappa shape index (κ1) is 24.3. The average molecular weight is 500 g/mol. The van der Waals surface area contributed by atoms with Gasteiger partial charge in [-0.25, -0.2) is 0 Å². The molecule has 6 rings (SSSR count). The van der Waals surface area contributed by atoms with Gasteiger partial charge in [-0.15, -0.1) is 0 Å². The quantitative estimate of drug-likeness (QED) is 0.231. The predicted molar refractivity (Wildman–Crippen MR) is 168 cm³/mol. The largest absolute Gasteiger partial charge is 0.264 e. The van der Waals surface area contributed by atoms with Crippen LogP contribution < -0.4 is 10.4 Å². The van der Waals surface area contributed by atoms with Gasteiger partial charge < -0.3 is 0 Å². The van der Waals surface area contributed by atoms with Crippen LogP contribution in [0.15, 0.2) is 140 Å². The van der Waals surface area contributed by atoms with Crippen molar-refractivity contribution in [3.05, 3.63) is 151 Å². The van der Waals surface area contributed by atoms with Gasteiger partial charge in [0, 0.05) is 17.8 Å². The lowest BCUT2D eigenvalue weighted by Crippen LogP contribution is -2.29. The number of benzene rings is 5. The third kappa shape index (κ3) is 4.60. The van der Waals surface area contributed by atoms with Crippen LogP contribution in [-0.4, -0.2) is 4.98 Å². The lowest BCUT2D eigenvalue weighted by atomic mass is 9.88. The maximum Gasteiger partial charge on any atom is 0.0353 e. The van der Waals surface area contributed by atoms with Gasteiger partial charge in [-0.1, -0.05) is 128 Å². The molecule has 6 aromatic rings. The van der Waals surface area contributed by atoms with Gasteiger partial charge >= 0.3 is 0 Å². The Bertz CT molecular complexity index is 1900. The smallest absolute Gasteiger partial charge is 0.0353 e. The van der Waals surface area contributed by atoms with Crippen LogP contribution in [0.1, 0.15) is 6.92 Å². The molecule has 0 N–H and O–H groups in total. The monoisotopic (exact) mass is 499 g/mol. The molecule has 0 saturated heterocycles. The van der Waals surface area contributed by atoms with E-state index in [0.29, 0.717) is 0 Å². The molecular weight excluding hydrogens is 470 g/mol. The lowest BCUT2D eigenvalue weighted by Gasteiger charge is -2.16. The van der Waals surface area contributed by atoms with E-state index >= 15 is 0 Å². The van der Waals surface area contributed by atoms with Crippen LogP contribution in [0.2, 0.25) is 0 Å². The minimum Gasteiger partial charge on any atom is -0.264 e. The molecule has 186 valence electrons. The lowest BCUT2D eigenvalue weighted by molar-refractivity contribution is 1.36. The van der Waals surface area contributed by atoms with E-state index in [1.54, 1.807) is 0 Å². The Labute approximate surface area is 229 Å². The SMILES string of the molecule is C=C/C=c1/c(-c2ccccc2)c2ccncc2c(-c2cccc(-c3ccc(-c4ccccc4)cc3)c2)/c1=C/C. The first-order valence-electron chi connectivity index (χ1n) is 13.3. The molecule has 0 atom stereocenters. The Morgan fingerprint density at radius 3 is 1.77 bits per heavy atom. The van der Waals surface area contributed by atoms with Gasteiger partial charge in [0.2, 0.25) is 0 Å². The summed E-state index contributed by atoms with van der Waals surface area (Å²) in [7, 11) is 0. The summed E-state index contributed by atoms with van der Waals surface area (Å²) < 4.78 is 0. The molecule has 0 bridgehead atoms. The van der Waals surface area contributed by atoms with Crippen LogP contribution in [0.3, 0.4) is 0 Å². The third-order valence-corrected chi connectivity index (χ3v) is 7.30. The van der Waals surface area contributed by atoms with Crippen molar-refractivity contribution in [3.63, 3.8) is 0 Å². The van der Waals surface area contributed by atoms with Gasteiger partial charge in [0.05, 0.1) is 0 Å². The molecule has 0 aliphatic rings. The Kier molecular flexibility index (Phi) is 6.72. The van der Waals surface area contributed by atoms with Crippen molar-refractivity contribution in [1.82, 2.24) is 4.98 Å². The Balaban J connectivity index is 1.57. The normalized spacial score (nSPS) is 12.1. The van der Waals surface area contributed by atoms with Gasteiger partial charge in [-0.05, 0) is 79.4 Å². The maximum atomic E-state index is 4.56. The fourth-order valence-corrected chi connectivity index (χ4v) is 5.53. The number of nitrogens with zero attached hydrogens (tertiary/aromatic N) is 1. The van der Waals surface area contributed by atoms with Crippen molar-refractivity contribution in [2.45, 2.75) is 6.92 Å². The zero-order valence-electron chi connectivity index (χ0n) is 22.0. The summed E-state index contributed by atoms with van der Waals surface area (Å²) in [4.78, 5) is 4.56. The van der Waals surface area contributed by atoms with E-state index in [9.17, 15) is 0 Å². The summed E-state index contributed by atoms with van der Waals surface area (Å²) >= 11 is 0. The maximum absolute atomic E-state index is 4.56. The van der Waals surface area contributed by atoms with Crippen LogP contribution in [0.4, 0.5) is 0 Å². The Hall–Kier alpha value is -5.01. The fraction of sp³-hybridized carbons (Fsp3) is 0.0263. The number of pyridine rings is 1. The summed E-state index contributed by atoms with van der Waals surface area (Å²) in [6, 6.07) is 40.9. The third-order valence-electron chi connectivity index (χ3n) is 7.30. The van der Waals surface area contributed by atoms with E-state index in [4.69, 9.17) is 0 Å². The first-order chi connectivity index (χ1) is 19.3.